The molecule has 1 aliphatic rings. The number of esters is 1. The topological polar surface area (TPSA) is 180 Å². The fraction of sp³-hybridized carbons (Fsp3) is 0.481. The highest BCUT2D eigenvalue weighted by Gasteiger charge is 2.41. The van der Waals surface area contributed by atoms with Gasteiger partial charge < -0.3 is 30.9 Å². The van der Waals surface area contributed by atoms with Gasteiger partial charge in [0.1, 0.15) is 23.9 Å². The van der Waals surface area contributed by atoms with E-state index < -0.39 is 113 Å². The van der Waals surface area contributed by atoms with Crippen molar-refractivity contribution in [3.05, 3.63) is 53.1 Å². The van der Waals surface area contributed by atoms with E-state index in [-0.39, 0.29) is 0 Å². The van der Waals surface area contributed by atoms with Crippen LogP contribution in [0.4, 0.5) is 17.6 Å². The zero-order valence-corrected chi connectivity index (χ0v) is 23.5. The van der Waals surface area contributed by atoms with Crippen molar-refractivity contribution in [3.8, 4) is 5.75 Å². The van der Waals surface area contributed by atoms with Gasteiger partial charge in [0.15, 0.2) is 11.5 Å². The van der Waals surface area contributed by atoms with Gasteiger partial charge in [-0.1, -0.05) is 27.2 Å². The second kappa shape index (κ2) is 13.8. The van der Waals surface area contributed by atoms with Gasteiger partial charge in [0.2, 0.25) is 23.6 Å². The first-order valence-electron chi connectivity index (χ1n) is 13.3. The molecule has 0 bridgehead atoms. The Morgan fingerprint density at radius 2 is 1.77 bits per heavy atom. The van der Waals surface area contributed by atoms with Crippen molar-refractivity contribution in [2.24, 2.45) is 11.8 Å². The van der Waals surface area contributed by atoms with Crippen molar-refractivity contribution in [1.82, 2.24) is 25.9 Å². The summed E-state index contributed by atoms with van der Waals surface area (Å²) in [6.07, 6.45) is -2.83. The largest absolute Gasteiger partial charge is 0.505 e. The molecule has 1 fully saturated rings. The van der Waals surface area contributed by atoms with Crippen LogP contribution in [0.2, 0.25) is 0 Å². The predicted molar refractivity (Wildman–Crippen MR) is 139 cm³/mol. The summed E-state index contributed by atoms with van der Waals surface area (Å²) in [6, 6.07) is -2.29. The molecule has 0 radical (unpaired) electrons. The van der Waals surface area contributed by atoms with Gasteiger partial charge in [-0.15, -0.1) is 0 Å². The Kier molecular flexibility index (Phi) is 10.6. The van der Waals surface area contributed by atoms with Crippen LogP contribution in [0.3, 0.4) is 0 Å². The Bertz CT molecular complexity index is 1400. The first kappa shape index (κ1) is 33.2. The predicted octanol–water partition coefficient (Wildman–Crippen LogP) is 1.04. The molecule has 43 heavy (non-hydrogen) atoms. The fourth-order valence-electron chi connectivity index (χ4n) is 4.40. The molecule has 0 aromatic carbocycles. The van der Waals surface area contributed by atoms with Gasteiger partial charge in [-0.3, -0.25) is 14.4 Å². The quantitative estimate of drug-likeness (QED) is 0.181. The standard InChI is InChI=1S/C27H31F4N5O7/c1-5-10(2)18-27(42)43-12(4)19(35-26(41)20-15(37)7-6-8-32-20)25(40)33-14(21(38)11(3)24(39)34-18)9-13-16(28)17(29)23(31)36-22(13)30/h6-8,10-12,14,18-19,21,37-38H,5,9H2,1-4H3,(H,33,40)(H,34,39)(H,35,41). The number of halogens is 4. The van der Waals surface area contributed by atoms with E-state index in [1.54, 1.807) is 13.8 Å². The average Bonchev–Trinajstić information content (AvgIpc) is 2.97. The van der Waals surface area contributed by atoms with Gasteiger partial charge in [-0.25, -0.2) is 14.2 Å². The molecule has 2 aromatic heterocycles. The van der Waals surface area contributed by atoms with Gasteiger partial charge in [0.05, 0.1) is 18.1 Å². The lowest BCUT2D eigenvalue weighted by atomic mass is 9.90. The number of hydrogen-bond donors (Lipinski definition) is 5. The molecule has 2 aromatic rings. The third-order valence-electron chi connectivity index (χ3n) is 7.28. The number of cyclic esters (lactones) is 1. The highest BCUT2D eigenvalue weighted by atomic mass is 19.2. The highest BCUT2D eigenvalue weighted by Crippen LogP contribution is 2.23. The molecular weight excluding hydrogens is 582 g/mol. The number of aromatic nitrogens is 2. The van der Waals surface area contributed by atoms with Crippen LogP contribution < -0.4 is 16.0 Å². The monoisotopic (exact) mass is 613 g/mol. The Hall–Kier alpha value is -4.34. The number of carbonyl (C=O) groups excluding carboxylic acids is 4. The summed E-state index contributed by atoms with van der Waals surface area (Å²) >= 11 is 0. The lowest BCUT2D eigenvalue weighted by molar-refractivity contribution is -0.157. The minimum atomic E-state index is -2.10. The minimum absolute atomic E-state index is 0.384. The molecule has 3 heterocycles. The van der Waals surface area contributed by atoms with Crippen LogP contribution in [0, 0.1) is 35.4 Å². The third kappa shape index (κ3) is 7.36. The number of aliphatic hydroxyl groups is 1. The summed E-state index contributed by atoms with van der Waals surface area (Å²) < 4.78 is 61.9. The van der Waals surface area contributed by atoms with Gasteiger partial charge in [-0.2, -0.15) is 18.2 Å². The maximum atomic E-state index is 14.6. The molecule has 0 aliphatic carbocycles. The molecule has 16 heteroatoms. The zero-order chi connectivity index (χ0) is 32.2. The maximum absolute atomic E-state index is 14.6. The molecule has 3 rings (SSSR count). The van der Waals surface area contributed by atoms with E-state index in [9.17, 15) is 47.0 Å². The smallest absolute Gasteiger partial charge is 0.329 e. The second-order valence-electron chi connectivity index (χ2n) is 10.2. The summed E-state index contributed by atoms with van der Waals surface area (Å²) in [5.74, 6) is -14.5. The number of nitrogens with zero attached hydrogens (tertiary/aromatic N) is 2. The van der Waals surface area contributed by atoms with Crippen LogP contribution >= 0.6 is 0 Å². The van der Waals surface area contributed by atoms with Crippen molar-refractivity contribution < 1.29 is 51.7 Å². The molecule has 0 spiro atoms. The maximum Gasteiger partial charge on any atom is 0.329 e. The van der Waals surface area contributed by atoms with Crippen molar-refractivity contribution in [1.29, 1.82) is 0 Å². The Balaban J connectivity index is 2.08. The number of carbonyl (C=O) groups is 4. The number of rotatable bonds is 6. The first-order valence-corrected chi connectivity index (χ1v) is 13.3. The molecule has 1 saturated heterocycles. The zero-order valence-electron chi connectivity index (χ0n) is 23.5. The number of aliphatic hydroxyl groups excluding tert-OH is 1. The van der Waals surface area contributed by atoms with Gasteiger partial charge in [0.25, 0.3) is 11.9 Å². The van der Waals surface area contributed by atoms with E-state index in [1.165, 1.54) is 26.1 Å². The highest BCUT2D eigenvalue weighted by molar-refractivity contribution is 5.98. The van der Waals surface area contributed by atoms with Crippen LogP contribution in [-0.2, 0) is 25.5 Å². The Morgan fingerprint density at radius 1 is 1.09 bits per heavy atom. The SMILES string of the molecule is CCC(C)C1NC(=O)C(C)C(O)C(Cc2c(F)nc(F)c(F)c2F)NC(=O)C(NC(=O)c2ncccc2O)C(C)OC1=O. The molecular formula is C27H31F4N5O7. The second-order valence-corrected chi connectivity index (χ2v) is 10.2. The number of amides is 3. The third-order valence-corrected chi connectivity index (χ3v) is 7.28. The van der Waals surface area contributed by atoms with E-state index in [0.29, 0.717) is 6.42 Å². The summed E-state index contributed by atoms with van der Waals surface area (Å²) in [6.45, 7) is 5.79. The van der Waals surface area contributed by atoms with Crippen LogP contribution in [-0.4, -0.2) is 74.2 Å². The van der Waals surface area contributed by atoms with E-state index in [1.807, 2.05) is 0 Å². The lowest BCUT2D eigenvalue weighted by Gasteiger charge is -2.34. The van der Waals surface area contributed by atoms with Crippen LogP contribution in [0.15, 0.2) is 18.3 Å². The summed E-state index contributed by atoms with van der Waals surface area (Å²) in [7, 11) is 0. The van der Waals surface area contributed by atoms with Gasteiger partial charge in [-0.05, 0) is 25.0 Å². The van der Waals surface area contributed by atoms with Crippen molar-refractivity contribution >= 4 is 23.7 Å². The summed E-state index contributed by atoms with van der Waals surface area (Å²) in [5.41, 5.74) is -1.63. The summed E-state index contributed by atoms with van der Waals surface area (Å²) in [4.78, 5) is 59.1. The number of hydrogen-bond acceptors (Lipinski definition) is 9. The van der Waals surface area contributed by atoms with E-state index in [0.717, 1.165) is 6.07 Å². The van der Waals surface area contributed by atoms with E-state index in [2.05, 4.69) is 25.9 Å². The van der Waals surface area contributed by atoms with Gasteiger partial charge in [0, 0.05) is 18.2 Å². The van der Waals surface area contributed by atoms with Crippen LogP contribution in [0.1, 0.15) is 50.2 Å². The Labute approximate surface area is 243 Å². The fourth-order valence-corrected chi connectivity index (χ4v) is 4.40. The average molecular weight is 614 g/mol. The Morgan fingerprint density at radius 3 is 2.40 bits per heavy atom. The molecule has 7 unspecified atom stereocenters. The minimum Gasteiger partial charge on any atom is -0.505 e. The molecule has 3 amide bonds. The number of aromatic hydroxyl groups is 1. The molecule has 0 saturated carbocycles. The van der Waals surface area contributed by atoms with Crippen LogP contribution in [0.5, 0.6) is 5.75 Å². The van der Waals surface area contributed by atoms with Crippen LogP contribution in [0.25, 0.3) is 0 Å². The molecule has 7 atom stereocenters. The lowest BCUT2D eigenvalue weighted by Crippen LogP contribution is -2.61. The summed E-state index contributed by atoms with van der Waals surface area (Å²) in [5, 5.41) is 28.1. The van der Waals surface area contributed by atoms with Gasteiger partial charge >= 0.3 is 5.97 Å². The normalized spacial score (nSPS) is 25.8. The number of pyridine rings is 2. The number of ether oxygens (including phenoxy) is 1. The number of nitrogens with one attached hydrogen (secondary N) is 3. The van der Waals surface area contributed by atoms with Crippen molar-refractivity contribution in [2.45, 2.75) is 70.9 Å². The first-order chi connectivity index (χ1) is 20.2. The van der Waals surface area contributed by atoms with Crippen molar-refractivity contribution in [2.75, 3.05) is 0 Å². The molecule has 12 nitrogen and oxygen atoms in total. The molecule has 234 valence electrons. The van der Waals surface area contributed by atoms with E-state index in [4.69, 9.17) is 4.74 Å². The molecule has 1 aliphatic heterocycles. The van der Waals surface area contributed by atoms with Crippen molar-refractivity contribution in [3.63, 3.8) is 0 Å². The van der Waals surface area contributed by atoms with E-state index >= 15 is 0 Å². The molecule has 5 N–H and O–H groups in total.